The average Bonchev–Trinajstić information content (AvgIpc) is 2.93. The number of ether oxygens (including phenoxy) is 2. The largest absolute Gasteiger partial charge is 0.494 e. The number of anilines is 2. The molecule has 1 aliphatic heterocycles. The topological polar surface area (TPSA) is 46.6 Å². The van der Waals surface area contributed by atoms with Crippen LogP contribution in [-0.4, -0.2) is 42.7 Å². The molecule has 1 aromatic heterocycles. The van der Waals surface area contributed by atoms with Crippen molar-refractivity contribution in [2.45, 2.75) is 32.6 Å². The fraction of sp³-hybridized carbons (Fsp3) is 0.323. The molecule has 0 unspecified atom stereocenters. The molecule has 0 amide bonds. The van der Waals surface area contributed by atoms with Crippen LogP contribution in [0.15, 0.2) is 78.9 Å². The fourth-order valence-corrected chi connectivity index (χ4v) is 4.64. The first-order valence-corrected chi connectivity index (χ1v) is 13.1. The summed E-state index contributed by atoms with van der Waals surface area (Å²) in [6.45, 7) is 6.79. The minimum atomic E-state index is 0.665. The molecule has 0 aliphatic carbocycles. The van der Waals surface area contributed by atoms with Crippen LogP contribution in [0.2, 0.25) is 0 Å². The van der Waals surface area contributed by atoms with E-state index in [1.54, 1.807) is 0 Å². The minimum Gasteiger partial charge on any atom is -0.494 e. The summed E-state index contributed by atoms with van der Waals surface area (Å²) < 4.78 is 12.2. The van der Waals surface area contributed by atoms with Crippen molar-refractivity contribution < 1.29 is 9.47 Å². The zero-order valence-corrected chi connectivity index (χ0v) is 21.1. The number of hydrogen-bond donors (Lipinski definition) is 1. The van der Waals surface area contributed by atoms with Crippen LogP contribution in [0.3, 0.4) is 0 Å². The third kappa shape index (κ3) is 6.16. The van der Waals surface area contributed by atoms with Crippen LogP contribution in [0.1, 0.15) is 32.6 Å². The van der Waals surface area contributed by atoms with Gasteiger partial charge in [-0.1, -0.05) is 31.5 Å². The van der Waals surface area contributed by atoms with Crippen LogP contribution in [0.5, 0.6) is 11.5 Å². The summed E-state index contributed by atoms with van der Waals surface area (Å²) in [6.07, 6.45) is 4.91. The van der Waals surface area contributed by atoms with Gasteiger partial charge in [0.25, 0.3) is 0 Å². The molecular weight excluding hydrogens is 446 g/mol. The zero-order chi connectivity index (χ0) is 24.6. The highest BCUT2D eigenvalue weighted by Gasteiger charge is 2.13. The van der Waals surface area contributed by atoms with Crippen LogP contribution < -0.4 is 14.8 Å². The van der Waals surface area contributed by atoms with E-state index in [4.69, 9.17) is 14.5 Å². The maximum Gasteiger partial charge on any atom is 0.131 e. The Morgan fingerprint density at radius 2 is 1.61 bits per heavy atom. The first kappa shape index (κ1) is 24.1. The summed E-state index contributed by atoms with van der Waals surface area (Å²) in [5, 5.41) is 4.51. The Morgan fingerprint density at radius 3 is 2.39 bits per heavy atom. The number of nitrogens with zero attached hydrogens (tertiary/aromatic N) is 2. The van der Waals surface area contributed by atoms with Crippen molar-refractivity contribution >= 4 is 22.3 Å². The molecule has 3 aromatic carbocycles. The van der Waals surface area contributed by atoms with Gasteiger partial charge in [-0.25, -0.2) is 4.98 Å². The van der Waals surface area contributed by atoms with Gasteiger partial charge >= 0.3 is 0 Å². The van der Waals surface area contributed by atoms with Crippen LogP contribution in [0.25, 0.3) is 22.2 Å². The van der Waals surface area contributed by atoms with Gasteiger partial charge in [0.05, 0.1) is 17.8 Å². The number of nitrogens with one attached hydrogen (secondary N) is 1. The van der Waals surface area contributed by atoms with Gasteiger partial charge in [0.1, 0.15) is 18.1 Å². The van der Waals surface area contributed by atoms with E-state index in [1.165, 1.54) is 32.4 Å². The Bertz CT molecular complexity index is 1250. The molecule has 0 atom stereocenters. The number of pyridine rings is 1. The molecule has 1 aliphatic rings. The average molecular weight is 482 g/mol. The maximum atomic E-state index is 6.43. The number of piperidine rings is 1. The van der Waals surface area contributed by atoms with E-state index in [0.717, 1.165) is 64.6 Å². The SMILES string of the molecule is CCCOc1ccc(-c2cc(OCCN3CCCCC3)c3cc(Nc4ccccc4)ccc3n2)cc1. The molecule has 5 heteroatoms. The lowest BCUT2D eigenvalue weighted by Crippen LogP contribution is -2.33. The normalized spacial score (nSPS) is 14.0. The van der Waals surface area contributed by atoms with Gasteiger partial charge < -0.3 is 14.8 Å². The monoisotopic (exact) mass is 481 g/mol. The van der Waals surface area contributed by atoms with E-state index in [0.29, 0.717) is 6.61 Å². The maximum absolute atomic E-state index is 6.43. The fourth-order valence-electron chi connectivity index (χ4n) is 4.64. The summed E-state index contributed by atoms with van der Waals surface area (Å²) in [5.41, 5.74) is 4.95. The predicted molar refractivity (Wildman–Crippen MR) is 148 cm³/mol. The lowest BCUT2D eigenvalue weighted by Gasteiger charge is -2.26. The first-order chi connectivity index (χ1) is 17.8. The van der Waals surface area contributed by atoms with E-state index in [-0.39, 0.29) is 0 Å². The van der Waals surface area contributed by atoms with Gasteiger partial charge in [-0.05, 0) is 86.9 Å². The molecule has 0 spiro atoms. The lowest BCUT2D eigenvalue weighted by molar-refractivity contribution is 0.184. The van der Waals surface area contributed by atoms with Crippen LogP contribution in [0.4, 0.5) is 11.4 Å². The Morgan fingerprint density at radius 1 is 0.806 bits per heavy atom. The number of fused-ring (bicyclic) bond motifs is 1. The number of aromatic nitrogens is 1. The Labute approximate surface area is 214 Å². The third-order valence-corrected chi connectivity index (χ3v) is 6.57. The summed E-state index contributed by atoms with van der Waals surface area (Å²) in [5.74, 6) is 1.76. The highest BCUT2D eigenvalue weighted by molar-refractivity contribution is 5.91. The number of benzene rings is 3. The number of rotatable bonds is 10. The molecule has 1 fully saturated rings. The van der Waals surface area contributed by atoms with Gasteiger partial charge in [-0.2, -0.15) is 0 Å². The van der Waals surface area contributed by atoms with E-state index in [1.807, 2.05) is 30.3 Å². The second kappa shape index (κ2) is 11.9. The zero-order valence-electron chi connectivity index (χ0n) is 21.1. The van der Waals surface area contributed by atoms with Crippen molar-refractivity contribution in [3.05, 3.63) is 78.9 Å². The van der Waals surface area contributed by atoms with Gasteiger partial charge in [0.15, 0.2) is 0 Å². The van der Waals surface area contributed by atoms with Crippen molar-refractivity contribution in [3.8, 4) is 22.8 Å². The quantitative estimate of drug-likeness (QED) is 0.257. The van der Waals surface area contributed by atoms with E-state index in [2.05, 4.69) is 65.7 Å². The van der Waals surface area contributed by atoms with Crippen molar-refractivity contribution in [1.82, 2.24) is 9.88 Å². The third-order valence-electron chi connectivity index (χ3n) is 6.57. The molecule has 5 nitrogen and oxygen atoms in total. The molecule has 0 radical (unpaired) electrons. The number of likely N-dealkylation sites (tertiary alicyclic amines) is 1. The number of para-hydroxylation sites is 1. The standard InChI is InChI=1S/C31H35N3O2/c1-2-20-35-27-14-11-24(12-15-27)30-23-31(36-21-19-34-17-7-4-8-18-34)28-22-26(13-16-29(28)33-30)32-25-9-5-3-6-10-25/h3,5-6,9-16,22-23,32H,2,4,7-8,17-21H2,1H3. The summed E-state index contributed by atoms with van der Waals surface area (Å²) in [4.78, 5) is 7.49. The van der Waals surface area contributed by atoms with Crippen molar-refractivity contribution in [2.75, 3.05) is 38.2 Å². The predicted octanol–water partition coefficient (Wildman–Crippen LogP) is 7.30. The lowest BCUT2D eigenvalue weighted by atomic mass is 10.1. The molecule has 2 heterocycles. The number of hydrogen-bond acceptors (Lipinski definition) is 5. The van der Waals surface area contributed by atoms with E-state index < -0.39 is 0 Å². The van der Waals surface area contributed by atoms with Gasteiger partial charge in [0, 0.05) is 34.9 Å². The minimum absolute atomic E-state index is 0.665. The Kier molecular flexibility index (Phi) is 7.99. The highest BCUT2D eigenvalue weighted by atomic mass is 16.5. The first-order valence-electron chi connectivity index (χ1n) is 13.1. The molecular formula is C31H35N3O2. The van der Waals surface area contributed by atoms with Crippen molar-refractivity contribution in [3.63, 3.8) is 0 Å². The summed E-state index contributed by atoms with van der Waals surface area (Å²) >= 11 is 0. The molecule has 1 N–H and O–H groups in total. The Hall–Kier alpha value is -3.57. The van der Waals surface area contributed by atoms with Crippen LogP contribution >= 0.6 is 0 Å². The van der Waals surface area contributed by atoms with Gasteiger partial charge in [-0.3, -0.25) is 4.90 Å². The van der Waals surface area contributed by atoms with Crippen molar-refractivity contribution in [2.24, 2.45) is 0 Å². The molecule has 5 rings (SSSR count). The van der Waals surface area contributed by atoms with Gasteiger partial charge in [0.2, 0.25) is 0 Å². The Balaban J connectivity index is 1.42. The van der Waals surface area contributed by atoms with Crippen LogP contribution in [0, 0.1) is 0 Å². The van der Waals surface area contributed by atoms with E-state index >= 15 is 0 Å². The second-order valence-corrected chi connectivity index (χ2v) is 9.35. The molecule has 0 bridgehead atoms. The molecule has 186 valence electrons. The van der Waals surface area contributed by atoms with Gasteiger partial charge in [-0.15, -0.1) is 0 Å². The summed E-state index contributed by atoms with van der Waals surface area (Å²) in [6, 6.07) is 26.7. The molecule has 1 saturated heterocycles. The molecule has 36 heavy (non-hydrogen) atoms. The van der Waals surface area contributed by atoms with E-state index in [9.17, 15) is 0 Å². The molecule has 0 saturated carbocycles. The summed E-state index contributed by atoms with van der Waals surface area (Å²) in [7, 11) is 0. The molecule has 4 aromatic rings. The smallest absolute Gasteiger partial charge is 0.131 e. The van der Waals surface area contributed by atoms with Crippen LogP contribution in [-0.2, 0) is 0 Å². The second-order valence-electron chi connectivity index (χ2n) is 9.35. The van der Waals surface area contributed by atoms with Crippen molar-refractivity contribution in [1.29, 1.82) is 0 Å². The highest BCUT2D eigenvalue weighted by Crippen LogP contribution is 2.33.